The number of aryl methyl sites for hydroxylation is 1. The predicted octanol–water partition coefficient (Wildman–Crippen LogP) is 4.71. The van der Waals surface area contributed by atoms with Gasteiger partial charge in [-0.05, 0) is 42.2 Å². The van der Waals surface area contributed by atoms with Crippen molar-refractivity contribution in [2.75, 3.05) is 19.5 Å². The number of hydrogen-bond donors (Lipinski definition) is 1. The van der Waals surface area contributed by atoms with Crippen molar-refractivity contribution in [1.82, 2.24) is 9.97 Å². The van der Waals surface area contributed by atoms with Crippen molar-refractivity contribution >= 4 is 17.4 Å². The SMILES string of the molecule is CCc1ccc(Nc2ncc3c(n2)CC(c2ccc(OC)cc2OC)CC3=O)cc1. The second kappa shape index (κ2) is 8.53. The van der Waals surface area contributed by atoms with Crippen LogP contribution in [0.4, 0.5) is 11.6 Å². The third-order valence-corrected chi connectivity index (χ3v) is 5.54. The average molecular weight is 403 g/mol. The molecule has 1 N–H and O–H groups in total. The maximum Gasteiger partial charge on any atom is 0.227 e. The van der Waals surface area contributed by atoms with Crippen LogP contribution in [0.1, 0.15) is 46.4 Å². The molecule has 0 radical (unpaired) electrons. The summed E-state index contributed by atoms with van der Waals surface area (Å²) in [5.41, 5.74) is 4.54. The number of hydrogen-bond acceptors (Lipinski definition) is 6. The lowest BCUT2D eigenvalue weighted by atomic mass is 9.82. The molecule has 0 saturated carbocycles. The lowest BCUT2D eigenvalue weighted by molar-refractivity contribution is 0.0962. The highest BCUT2D eigenvalue weighted by atomic mass is 16.5. The van der Waals surface area contributed by atoms with Gasteiger partial charge < -0.3 is 14.8 Å². The summed E-state index contributed by atoms with van der Waals surface area (Å²) in [5.74, 6) is 1.99. The number of nitrogens with one attached hydrogen (secondary N) is 1. The van der Waals surface area contributed by atoms with E-state index in [9.17, 15) is 4.79 Å². The van der Waals surface area contributed by atoms with Crippen LogP contribution < -0.4 is 14.8 Å². The van der Waals surface area contributed by atoms with Gasteiger partial charge in [0.25, 0.3) is 0 Å². The summed E-state index contributed by atoms with van der Waals surface area (Å²) >= 11 is 0. The molecule has 1 aromatic heterocycles. The van der Waals surface area contributed by atoms with Crippen LogP contribution in [0.3, 0.4) is 0 Å². The number of fused-ring (bicyclic) bond motifs is 1. The van der Waals surface area contributed by atoms with Crippen molar-refractivity contribution in [2.45, 2.75) is 32.1 Å². The van der Waals surface area contributed by atoms with E-state index >= 15 is 0 Å². The number of rotatable bonds is 6. The van der Waals surface area contributed by atoms with E-state index in [-0.39, 0.29) is 11.7 Å². The van der Waals surface area contributed by atoms with E-state index in [0.29, 0.717) is 24.4 Å². The summed E-state index contributed by atoms with van der Waals surface area (Å²) in [7, 11) is 3.25. The highest BCUT2D eigenvalue weighted by Crippen LogP contribution is 2.38. The second-order valence-electron chi connectivity index (χ2n) is 7.37. The zero-order chi connectivity index (χ0) is 21.1. The molecule has 2 aromatic carbocycles. The van der Waals surface area contributed by atoms with E-state index < -0.39 is 0 Å². The number of carbonyl (C=O) groups excluding carboxylic acids is 1. The number of anilines is 2. The second-order valence-corrected chi connectivity index (χ2v) is 7.37. The average Bonchev–Trinajstić information content (AvgIpc) is 2.78. The Morgan fingerprint density at radius 1 is 1.07 bits per heavy atom. The third-order valence-electron chi connectivity index (χ3n) is 5.54. The smallest absolute Gasteiger partial charge is 0.227 e. The lowest BCUT2D eigenvalue weighted by Crippen LogP contribution is -2.21. The number of Topliss-reactive ketones (excluding diaryl/α,β-unsaturated/α-hetero) is 1. The molecule has 1 aliphatic carbocycles. The molecule has 1 unspecified atom stereocenters. The standard InChI is InChI=1S/C24H25N3O3/c1-4-15-5-7-17(8-6-15)26-24-25-14-20-21(27-24)11-16(12-22(20)28)19-10-9-18(29-2)13-23(19)30-3/h5-10,13-14,16H,4,11-12H2,1-3H3,(H,25,26,27). The van der Waals surface area contributed by atoms with Crippen LogP contribution in [0, 0.1) is 0 Å². The topological polar surface area (TPSA) is 73.3 Å². The van der Waals surface area contributed by atoms with Gasteiger partial charge in [0.1, 0.15) is 11.5 Å². The van der Waals surface area contributed by atoms with Crippen LogP contribution in [-0.2, 0) is 12.8 Å². The first-order chi connectivity index (χ1) is 14.6. The van der Waals surface area contributed by atoms with Crippen LogP contribution >= 0.6 is 0 Å². The first-order valence-electron chi connectivity index (χ1n) is 10.1. The molecule has 0 amide bonds. The first-order valence-corrected chi connectivity index (χ1v) is 10.1. The maximum absolute atomic E-state index is 12.8. The molecule has 4 rings (SSSR count). The van der Waals surface area contributed by atoms with Gasteiger partial charge in [-0.25, -0.2) is 9.97 Å². The van der Waals surface area contributed by atoms with Crippen molar-refractivity contribution in [2.24, 2.45) is 0 Å². The van der Waals surface area contributed by atoms with E-state index in [0.717, 1.165) is 34.9 Å². The Bertz CT molecular complexity index is 1060. The highest BCUT2D eigenvalue weighted by Gasteiger charge is 2.30. The maximum atomic E-state index is 12.8. The molecule has 0 aliphatic heterocycles. The van der Waals surface area contributed by atoms with Gasteiger partial charge in [-0.2, -0.15) is 0 Å². The Hall–Kier alpha value is -3.41. The largest absolute Gasteiger partial charge is 0.497 e. The van der Waals surface area contributed by atoms with Crippen LogP contribution in [0.25, 0.3) is 0 Å². The summed E-state index contributed by atoms with van der Waals surface area (Å²) < 4.78 is 10.8. The van der Waals surface area contributed by atoms with Crippen LogP contribution in [0.5, 0.6) is 11.5 Å². The van der Waals surface area contributed by atoms with E-state index in [2.05, 4.69) is 34.3 Å². The van der Waals surface area contributed by atoms with Gasteiger partial charge >= 0.3 is 0 Å². The molecule has 6 heteroatoms. The Balaban J connectivity index is 1.60. The van der Waals surface area contributed by atoms with Gasteiger partial charge in [0.15, 0.2) is 5.78 Å². The molecule has 1 aliphatic rings. The molecule has 0 saturated heterocycles. The number of nitrogens with zero attached hydrogens (tertiary/aromatic N) is 2. The molecular formula is C24H25N3O3. The number of methoxy groups -OCH3 is 2. The molecule has 6 nitrogen and oxygen atoms in total. The monoisotopic (exact) mass is 403 g/mol. The Kier molecular flexibility index (Phi) is 5.65. The summed E-state index contributed by atoms with van der Waals surface area (Å²) in [4.78, 5) is 21.8. The van der Waals surface area contributed by atoms with Crippen LogP contribution in [0.15, 0.2) is 48.7 Å². The molecule has 1 heterocycles. The van der Waals surface area contributed by atoms with Crippen molar-refractivity contribution in [3.05, 3.63) is 71.0 Å². The number of aromatic nitrogens is 2. The van der Waals surface area contributed by atoms with Crippen molar-refractivity contribution in [3.63, 3.8) is 0 Å². The Morgan fingerprint density at radius 3 is 2.57 bits per heavy atom. The van der Waals surface area contributed by atoms with E-state index in [1.165, 1.54) is 5.56 Å². The fourth-order valence-corrected chi connectivity index (χ4v) is 3.83. The zero-order valence-corrected chi connectivity index (χ0v) is 17.4. The lowest BCUT2D eigenvalue weighted by Gasteiger charge is -2.25. The number of benzene rings is 2. The minimum Gasteiger partial charge on any atom is -0.497 e. The molecule has 154 valence electrons. The Morgan fingerprint density at radius 2 is 1.87 bits per heavy atom. The first kappa shape index (κ1) is 19.9. The number of ether oxygens (including phenoxy) is 2. The van der Waals surface area contributed by atoms with Gasteiger partial charge in [0, 0.05) is 30.3 Å². The van der Waals surface area contributed by atoms with Crippen molar-refractivity contribution < 1.29 is 14.3 Å². The summed E-state index contributed by atoms with van der Waals surface area (Å²) in [6, 6.07) is 13.9. The molecule has 1 atom stereocenters. The molecule has 0 spiro atoms. The summed E-state index contributed by atoms with van der Waals surface area (Å²) in [6.45, 7) is 2.13. The molecular weight excluding hydrogens is 378 g/mol. The van der Waals surface area contributed by atoms with E-state index in [1.807, 2.05) is 30.3 Å². The molecule has 3 aromatic rings. The minimum absolute atomic E-state index is 0.00237. The van der Waals surface area contributed by atoms with Crippen LogP contribution in [0.2, 0.25) is 0 Å². The minimum atomic E-state index is -0.00237. The molecule has 30 heavy (non-hydrogen) atoms. The van der Waals surface area contributed by atoms with Crippen molar-refractivity contribution in [3.8, 4) is 11.5 Å². The van der Waals surface area contributed by atoms with Crippen molar-refractivity contribution in [1.29, 1.82) is 0 Å². The number of ketones is 1. The van der Waals surface area contributed by atoms with Crippen LogP contribution in [-0.4, -0.2) is 30.0 Å². The normalized spacial score (nSPS) is 15.4. The third kappa shape index (κ3) is 3.99. The summed E-state index contributed by atoms with van der Waals surface area (Å²) in [5, 5.41) is 3.24. The summed E-state index contributed by atoms with van der Waals surface area (Å²) in [6.07, 6.45) is 3.68. The van der Waals surface area contributed by atoms with Gasteiger partial charge in [-0.3, -0.25) is 4.79 Å². The van der Waals surface area contributed by atoms with E-state index in [1.54, 1.807) is 20.4 Å². The zero-order valence-electron chi connectivity index (χ0n) is 17.4. The van der Waals surface area contributed by atoms with Gasteiger partial charge in [0.05, 0.1) is 25.5 Å². The fourth-order valence-electron chi connectivity index (χ4n) is 3.83. The quantitative estimate of drug-likeness (QED) is 0.642. The highest BCUT2D eigenvalue weighted by molar-refractivity contribution is 5.98. The fraction of sp³-hybridized carbons (Fsp3) is 0.292. The predicted molar refractivity (Wildman–Crippen MR) is 116 cm³/mol. The molecule has 0 bridgehead atoms. The molecule has 0 fully saturated rings. The van der Waals surface area contributed by atoms with Gasteiger partial charge in [-0.15, -0.1) is 0 Å². The van der Waals surface area contributed by atoms with Gasteiger partial charge in [-0.1, -0.05) is 25.1 Å². The Labute approximate surface area is 176 Å². The van der Waals surface area contributed by atoms with E-state index in [4.69, 9.17) is 9.47 Å². The van der Waals surface area contributed by atoms with Gasteiger partial charge in [0.2, 0.25) is 5.95 Å². The number of carbonyl (C=O) groups is 1.